The lowest BCUT2D eigenvalue weighted by molar-refractivity contribution is 0.102. The Labute approximate surface area is 152 Å². The zero-order valence-corrected chi connectivity index (χ0v) is 14.4. The van der Waals surface area contributed by atoms with Crippen molar-refractivity contribution in [2.45, 2.75) is 6.42 Å². The highest BCUT2D eigenvalue weighted by Crippen LogP contribution is 2.20. The minimum atomic E-state index is -0.243. The van der Waals surface area contributed by atoms with Crippen LogP contribution < -0.4 is 10.1 Å². The lowest BCUT2D eigenvalue weighted by Crippen LogP contribution is -2.12. The van der Waals surface area contributed by atoms with Crippen LogP contribution in [0.1, 0.15) is 15.9 Å². The Morgan fingerprint density at radius 2 is 1.68 bits per heavy atom. The molecule has 0 radical (unpaired) electrons. The molecule has 0 saturated heterocycles. The Balaban J connectivity index is 1.59. The molecule has 4 heteroatoms. The second-order valence-corrected chi connectivity index (χ2v) is 5.95. The van der Waals surface area contributed by atoms with Gasteiger partial charge in [0.15, 0.2) is 0 Å². The molecular formula is C21H18ClNO2. The minimum absolute atomic E-state index is 0.243. The van der Waals surface area contributed by atoms with E-state index in [2.05, 4.69) is 17.4 Å². The van der Waals surface area contributed by atoms with Crippen molar-refractivity contribution < 1.29 is 9.53 Å². The van der Waals surface area contributed by atoms with Gasteiger partial charge in [-0.2, -0.15) is 0 Å². The van der Waals surface area contributed by atoms with E-state index in [1.807, 2.05) is 36.4 Å². The van der Waals surface area contributed by atoms with Crippen molar-refractivity contribution in [1.29, 1.82) is 0 Å². The van der Waals surface area contributed by atoms with E-state index >= 15 is 0 Å². The second kappa shape index (κ2) is 8.36. The van der Waals surface area contributed by atoms with Crippen molar-refractivity contribution in [1.82, 2.24) is 0 Å². The van der Waals surface area contributed by atoms with Gasteiger partial charge in [-0.1, -0.05) is 60.1 Å². The third kappa shape index (κ3) is 4.85. The smallest absolute Gasteiger partial charge is 0.257 e. The highest BCUT2D eigenvalue weighted by Gasteiger charge is 2.10. The molecule has 3 aromatic carbocycles. The van der Waals surface area contributed by atoms with E-state index in [1.165, 1.54) is 5.56 Å². The van der Waals surface area contributed by atoms with Crippen LogP contribution in [-0.4, -0.2) is 12.5 Å². The quantitative estimate of drug-likeness (QED) is 0.661. The molecule has 1 N–H and O–H groups in total. The zero-order chi connectivity index (χ0) is 17.5. The van der Waals surface area contributed by atoms with Gasteiger partial charge in [-0.15, -0.1) is 0 Å². The van der Waals surface area contributed by atoms with Crippen molar-refractivity contribution in [2.24, 2.45) is 0 Å². The van der Waals surface area contributed by atoms with Crippen LogP contribution in [-0.2, 0) is 6.42 Å². The van der Waals surface area contributed by atoms with Gasteiger partial charge in [0.1, 0.15) is 5.75 Å². The number of carbonyl (C=O) groups excluding carboxylic acids is 1. The number of benzene rings is 3. The lowest BCUT2D eigenvalue weighted by atomic mass is 10.2. The first-order valence-corrected chi connectivity index (χ1v) is 8.43. The average molecular weight is 352 g/mol. The first-order valence-electron chi connectivity index (χ1n) is 8.05. The van der Waals surface area contributed by atoms with Gasteiger partial charge in [0.05, 0.1) is 17.2 Å². The summed E-state index contributed by atoms with van der Waals surface area (Å²) in [5, 5.41) is 3.27. The molecule has 0 atom stereocenters. The summed E-state index contributed by atoms with van der Waals surface area (Å²) in [4.78, 5) is 12.3. The van der Waals surface area contributed by atoms with Crippen molar-refractivity contribution in [3.63, 3.8) is 0 Å². The van der Waals surface area contributed by atoms with E-state index in [1.54, 1.807) is 30.3 Å². The molecule has 0 aromatic heterocycles. The van der Waals surface area contributed by atoms with Crippen molar-refractivity contribution in [2.75, 3.05) is 11.9 Å². The fourth-order valence-electron chi connectivity index (χ4n) is 2.44. The van der Waals surface area contributed by atoms with Gasteiger partial charge in [-0.05, 0) is 29.8 Å². The topological polar surface area (TPSA) is 38.3 Å². The van der Waals surface area contributed by atoms with Gasteiger partial charge in [0, 0.05) is 18.2 Å². The van der Waals surface area contributed by atoms with Crippen molar-refractivity contribution in [3.8, 4) is 5.75 Å². The summed E-state index contributed by atoms with van der Waals surface area (Å²) in [6, 6.07) is 24.5. The third-order valence-corrected chi connectivity index (χ3v) is 4.04. The molecule has 0 saturated carbocycles. The van der Waals surface area contributed by atoms with E-state index in [0.29, 0.717) is 28.6 Å². The maximum Gasteiger partial charge on any atom is 0.257 e. The predicted octanol–water partition coefficient (Wildman–Crippen LogP) is 5.21. The number of hydrogen-bond donors (Lipinski definition) is 1. The second-order valence-electron chi connectivity index (χ2n) is 5.55. The number of amides is 1. The lowest BCUT2D eigenvalue weighted by Gasteiger charge is -2.10. The first-order chi connectivity index (χ1) is 12.2. The SMILES string of the molecule is O=C(Nc1cccc(OCCc2ccccc2)c1)c1ccccc1Cl. The highest BCUT2D eigenvalue weighted by atomic mass is 35.5. The monoisotopic (exact) mass is 351 g/mol. The van der Waals surface area contributed by atoms with Crippen LogP contribution in [0, 0.1) is 0 Å². The van der Waals surface area contributed by atoms with E-state index < -0.39 is 0 Å². The molecule has 0 spiro atoms. The summed E-state index contributed by atoms with van der Waals surface area (Å²) < 4.78 is 5.78. The van der Waals surface area contributed by atoms with E-state index in [-0.39, 0.29) is 5.91 Å². The molecule has 25 heavy (non-hydrogen) atoms. The van der Waals surface area contributed by atoms with Gasteiger partial charge >= 0.3 is 0 Å². The van der Waals surface area contributed by atoms with E-state index in [0.717, 1.165) is 6.42 Å². The van der Waals surface area contributed by atoms with Gasteiger partial charge in [-0.3, -0.25) is 4.79 Å². The molecule has 0 fully saturated rings. The normalized spacial score (nSPS) is 10.3. The van der Waals surface area contributed by atoms with Crippen LogP contribution >= 0.6 is 11.6 Å². The van der Waals surface area contributed by atoms with Gasteiger partial charge in [0.2, 0.25) is 0 Å². The molecule has 3 aromatic rings. The average Bonchev–Trinajstić information content (AvgIpc) is 2.63. The molecule has 0 heterocycles. The number of anilines is 1. The van der Waals surface area contributed by atoms with Gasteiger partial charge in [-0.25, -0.2) is 0 Å². The van der Waals surface area contributed by atoms with Crippen LogP contribution in [0.5, 0.6) is 5.75 Å². The number of hydrogen-bond acceptors (Lipinski definition) is 2. The standard InChI is InChI=1S/C21H18ClNO2/c22-20-12-5-4-11-19(20)21(24)23-17-9-6-10-18(15-17)25-14-13-16-7-2-1-3-8-16/h1-12,15H,13-14H2,(H,23,24). The van der Waals surface area contributed by atoms with Gasteiger partial charge < -0.3 is 10.1 Å². The molecule has 3 nitrogen and oxygen atoms in total. The largest absolute Gasteiger partial charge is 0.493 e. The van der Waals surface area contributed by atoms with E-state index in [9.17, 15) is 4.79 Å². The Hall–Kier alpha value is -2.78. The summed E-state index contributed by atoms with van der Waals surface area (Å²) in [7, 11) is 0. The number of nitrogens with one attached hydrogen (secondary N) is 1. The predicted molar refractivity (Wildman–Crippen MR) is 101 cm³/mol. The molecule has 0 aliphatic carbocycles. The Bertz CT molecular complexity index is 849. The van der Waals surface area contributed by atoms with Crippen molar-refractivity contribution in [3.05, 3.63) is 95.0 Å². The number of rotatable bonds is 6. The molecule has 3 rings (SSSR count). The fourth-order valence-corrected chi connectivity index (χ4v) is 2.66. The van der Waals surface area contributed by atoms with Crippen molar-refractivity contribution >= 4 is 23.2 Å². The van der Waals surface area contributed by atoms with Crippen LogP contribution in [0.25, 0.3) is 0 Å². The molecular weight excluding hydrogens is 334 g/mol. The van der Waals surface area contributed by atoms with Crippen LogP contribution in [0.4, 0.5) is 5.69 Å². The number of ether oxygens (including phenoxy) is 1. The summed E-state index contributed by atoms with van der Waals surface area (Å²) in [5.74, 6) is 0.472. The van der Waals surface area contributed by atoms with Crippen LogP contribution in [0.2, 0.25) is 5.02 Å². The molecule has 0 bridgehead atoms. The van der Waals surface area contributed by atoms with Crippen LogP contribution in [0.15, 0.2) is 78.9 Å². The maximum atomic E-state index is 12.3. The Morgan fingerprint density at radius 1 is 0.920 bits per heavy atom. The molecule has 126 valence electrons. The Morgan fingerprint density at radius 3 is 2.48 bits per heavy atom. The highest BCUT2D eigenvalue weighted by molar-refractivity contribution is 6.34. The first kappa shape index (κ1) is 17.1. The molecule has 0 aliphatic heterocycles. The fraction of sp³-hybridized carbons (Fsp3) is 0.0952. The number of carbonyl (C=O) groups is 1. The molecule has 0 unspecified atom stereocenters. The summed E-state index contributed by atoms with van der Waals surface area (Å²) >= 11 is 6.06. The zero-order valence-electron chi connectivity index (χ0n) is 13.6. The molecule has 0 aliphatic rings. The number of halogens is 1. The van der Waals surface area contributed by atoms with Gasteiger partial charge in [0.25, 0.3) is 5.91 Å². The summed E-state index contributed by atoms with van der Waals surface area (Å²) in [6.45, 7) is 0.575. The third-order valence-electron chi connectivity index (χ3n) is 3.71. The molecule has 1 amide bonds. The minimum Gasteiger partial charge on any atom is -0.493 e. The van der Waals surface area contributed by atoms with Crippen LogP contribution in [0.3, 0.4) is 0 Å². The summed E-state index contributed by atoms with van der Waals surface area (Å²) in [5.41, 5.74) is 2.34. The maximum absolute atomic E-state index is 12.3. The Kier molecular flexibility index (Phi) is 5.70. The van der Waals surface area contributed by atoms with E-state index in [4.69, 9.17) is 16.3 Å². The summed E-state index contributed by atoms with van der Waals surface area (Å²) in [6.07, 6.45) is 0.830.